The summed E-state index contributed by atoms with van der Waals surface area (Å²) in [5.41, 5.74) is 0. The van der Waals surface area contributed by atoms with Crippen LogP contribution in [0.5, 0.6) is 0 Å². The molecule has 0 radical (unpaired) electrons. The van der Waals surface area contributed by atoms with E-state index in [-0.39, 0.29) is 12.1 Å². The molecule has 2 rings (SSSR count). The SMILES string of the molecule is C#C[C@H](N[C@H]1CCSC1)[C@H]1CCCO1. The van der Waals surface area contributed by atoms with Gasteiger partial charge in [0, 0.05) is 18.4 Å². The Bertz CT molecular complexity index is 214. The molecule has 0 unspecified atom stereocenters. The van der Waals surface area contributed by atoms with Gasteiger partial charge in [-0.1, -0.05) is 5.92 Å². The Hall–Kier alpha value is -0.170. The van der Waals surface area contributed by atoms with Gasteiger partial charge in [-0.05, 0) is 25.0 Å². The first-order chi connectivity index (χ1) is 6.90. The van der Waals surface area contributed by atoms with Crippen LogP contribution in [0.15, 0.2) is 0 Å². The minimum absolute atomic E-state index is 0.126. The molecule has 0 aliphatic carbocycles. The average Bonchev–Trinajstić information content (AvgIpc) is 2.86. The Labute approximate surface area is 90.2 Å². The zero-order chi connectivity index (χ0) is 9.80. The molecule has 0 bridgehead atoms. The van der Waals surface area contributed by atoms with Gasteiger partial charge in [0.25, 0.3) is 0 Å². The van der Waals surface area contributed by atoms with E-state index in [1.165, 1.54) is 17.9 Å². The maximum absolute atomic E-state index is 5.60. The summed E-state index contributed by atoms with van der Waals surface area (Å²) in [6, 6.07) is 0.728. The van der Waals surface area contributed by atoms with Crippen LogP contribution in [0.3, 0.4) is 0 Å². The smallest absolute Gasteiger partial charge is 0.0955 e. The van der Waals surface area contributed by atoms with E-state index in [1.807, 2.05) is 11.8 Å². The van der Waals surface area contributed by atoms with Crippen molar-refractivity contribution < 1.29 is 4.74 Å². The minimum Gasteiger partial charge on any atom is -0.376 e. The maximum atomic E-state index is 5.60. The van der Waals surface area contributed by atoms with Crippen molar-refractivity contribution in [3.05, 3.63) is 0 Å². The van der Waals surface area contributed by atoms with Crippen molar-refractivity contribution >= 4 is 11.8 Å². The molecule has 2 aliphatic rings. The highest BCUT2D eigenvalue weighted by Crippen LogP contribution is 2.20. The van der Waals surface area contributed by atoms with Gasteiger partial charge in [0.15, 0.2) is 0 Å². The third-order valence-corrected chi connectivity index (χ3v) is 4.02. The average molecular weight is 211 g/mol. The van der Waals surface area contributed by atoms with Crippen LogP contribution in [0, 0.1) is 12.3 Å². The predicted molar refractivity (Wildman–Crippen MR) is 60.5 cm³/mol. The third kappa shape index (κ3) is 2.44. The minimum atomic E-state index is 0.126. The van der Waals surface area contributed by atoms with Gasteiger partial charge in [-0.15, -0.1) is 6.42 Å². The first kappa shape index (κ1) is 10.4. The van der Waals surface area contributed by atoms with Crippen LogP contribution in [0.1, 0.15) is 19.3 Å². The monoisotopic (exact) mass is 211 g/mol. The number of nitrogens with one attached hydrogen (secondary N) is 1. The third-order valence-electron chi connectivity index (χ3n) is 2.86. The fourth-order valence-electron chi connectivity index (χ4n) is 2.05. The van der Waals surface area contributed by atoms with E-state index in [4.69, 9.17) is 11.2 Å². The predicted octanol–water partition coefficient (Wildman–Crippen LogP) is 1.26. The topological polar surface area (TPSA) is 21.3 Å². The lowest BCUT2D eigenvalue weighted by Gasteiger charge is -2.22. The number of ether oxygens (including phenoxy) is 1. The van der Waals surface area contributed by atoms with Gasteiger partial charge in [-0.2, -0.15) is 11.8 Å². The molecule has 0 aromatic heterocycles. The van der Waals surface area contributed by atoms with E-state index in [0.717, 1.165) is 19.4 Å². The van der Waals surface area contributed by atoms with Crippen molar-refractivity contribution in [2.24, 2.45) is 0 Å². The first-order valence-electron chi connectivity index (χ1n) is 5.31. The van der Waals surface area contributed by atoms with Crippen LogP contribution < -0.4 is 5.32 Å². The molecule has 14 heavy (non-hydrogen) atoms. The van der Waals surface area contributed by atoms with E-state index in [9.17, 15) is 0 Å². The van der Waals surface area contributed by atoms with Crippen molar-refractivity contribution in [3.8, 4) is 12.3 Å². The molecule has 0 saturated carbocycles. The van der Waals surface area contributed by atoms with Gasteiger partial charge >= 0.3 is 0 Å². The Balaban J connectivity index is 1.83. The Kier molecular flexibility index (Phi) is 3.74. The second-order valence-electron chi connectivity index (χ2n) is 3.92. The number of thioether (sulfide) groups is 1. The number of hydrogen-bond donors (Lipinski definition) is 1. The molecule has 2 heterocycles. The first-order valence-corrected chi connectivity index (χ1v) is 6.47. The number of terminal acetylenes is 1. The Morgan fingerprint density at radius 3 is 3.00 bits per heavy atom. The lowest BCUT2D eigenvalue weighted by atomic mass is 10.1. The van der Waals surface area contributed by atoms with E-state index in [0.29, 0.717) is 6.04 Å². The van der Waals surface area contributed by atoms with Crippen LogP contribution in [0.2, 0.25) is 0 Å². The summed E-state index contributed by atoms with van der Waals surface area (Å²) >= 11 is 2.01. The molecule has 3 atom stereocenters. The summed E-state index contributed by atoms with van der Waals surface area (Å²) < 4.78 is 5.60. The zero-order valence-corrected chi connectivity index (χ0v) is 9.19. The summed E-state index contributed by atoms with van der Waals surface area (Å²) in [4.78, 5) is 0. The van der Waals surface area contributed by atoms with Crippen molar-refractivity contribution in [1.82, 2.24) is 5.32 Å². The molecule has 2 nitrogen and oxygen atoms in total. The molecular weight excluding hydrogens is 194 g/mol. The lowest BCUT2D eigenvalue weighted by Crippen LogP contribution is -2.44. The molecule has 3 heteroatoms. The second kappa shape index (κ2) is 5.06. The molecule has 0 aromatic carbocycles. The summed E-state index contributed by atoms with van der Waals surface area (Å²) in [6.45, 7) is 0.879. The molecule has 2 saturated heterocycles. The van der Waals surface area contributed by atoms with Gasteiger partial charge in [0.2, 0.25) is 0 Å². The normalized spacial score (nSPS) is 34.2. The van der Waals surface area contributed by atoms with Gasteiger partial charge in [0.05, 0.1) is 12.1 Å². The van der Waals surface area contributed by atoms with E-state index < -0.39 is 0 Å². The highest BCUT2D eigenvalue weighted by molar-refractivity contribution is 7.99. The van der Waals surface area contributed by atoms with Gasteiger partial charge in [-0.3, -0.25) is 5.32 Å². The van der Waals surface area contributed by atoms with E-state index in [2.05, 4.69) is 11.2 Å². The molecule has 0 amide bonds. The van der Waals surface area contributed by atoms with Crippen molar-refractivity contribution in [3.63, 3.8) is 0 Å². The molecule has 2 fully saturated rings. The van der Waals surface area contributed by atoms with Crippen LogP contribution >= 0.6 is 11.8 Å². The van der Waals surface area contributed by atoms with Crippen molar-refractivity contribution in [2.75, 3.05) is 18.1 Å². The molecule has 0 spiro atoms. The Morgan fingerprint density at radius 2 is 2.43 bits per heavy atom. The summed E-state index contributed by atoms with van der Waals surface area (Å²) in [6.07, 6.45) is 9.30. The molecule has 1 N–H and O–H groups in total. The highest BCUT2D eigenvalue weighted by atomic mass is 32.2. The van der Waals surface area contributed by atoms with Gasteiger partial charge in [0.1, 0.15) is 0 Å². The van der Waals surface area contributed by atoms with Crippen LogP contribution in [-0.2, 0) is 4.74 Å². The van der Waals surface area contributed by atoms with E-state index in [1.54, 1.807) is 0 Å². The molecular formula is C11H17NOS. The number of hydrogen-bond acceptors (Lipinski definition) is 3. The summed E-state index contributed by atoms with van der Waals surface area (Å²) in [7, 11) is 0. The van der Waals surface area contributed by atoms with Crippen molar-refractivity contribution in [2.45, 2.75) is 37.5 Å². The fourth-order valence-corrected chi connectivity index (χ4v) is 3.21. The van der Waals surface area contributed by atoms with Gasteiger partial charge < -0.3 is 4.74 Å². The van der Waals surface area contributed by atoms with Crippen molar-refractivity contribution in [1.29, 1.82) is 0 Å². The Morgan fingerprint density at radius 1 is 1.50 bits per heavy atom. The summed E-state index contributed by atoms with van der Waals surface area (Å²) in [5, 5.41) is 3.53. The van der Waals surface area contributed by atoms with Crippen LogP contribution in [-0.4, -0.2) is 36.3 Å². The molecule has 78 valence electrons. The maximum Gasteiger partial charge on any atom is 0.0955 e. The standard InChI is InChI=1S/C11H17NOS/c1-2-10(11-4-3-6-13-11)12-9-5-7-14-8-9/h1,9-12H,3-8H2/t9-,10-,11+/m0/s1. The lowest BCUT2D eigenvalue weighted by molar-refractivity contribution is 0.0912. The van der Waals surface area contributed by atoms with E-state index >= 15 is 0 Å². The molecule has 2 aliphatic heterocycles. The van der Waals surface area contributed by atoms with Crippen LogP contribution in [0.4, 0.5) is 0 Å². The quantitative estimate of drug-likeness (QED) is 0.710. The second-order valence-corrected chi connectivity index (χ2v) is 5.07. The molecule has 0 aromatic rings. The van der Waals surface area contributed by atoms with Crippen LogP contribution in [0.25, 0.3) is 0 Å². The number of rotatable bonds is 3. The largest absolute Gasteiger partial charge is 0.376 e. The fraction of sp³-hybridized carbons (Fsp3) is 0.818. The van der Waals surface area contributed by atoms with Gasteiger partial charge in [-0.25, -0.2) is 0 Å². The highest BCUT2D eigenvalue weighted by Gasteiger charge is 2.27. The zero-order valence-electron chi connectivity index (χ0n) is 8.37. The summed E-state index contributed by atoms with van der Waals surface area (Å²) in [5.74, 6) is 5.29.